The monoisotopic (exact) mass is 442 g/mol. The second-order valence-corrected chi connectivity index (χ2v) is 8.60. The Morgan fingerprint density at radius 3 is 2.33 bits per heavy atom. The average Bonchev–Trinajstić information content (AvgIpc) is 3.25. The number of nitrogens with zero attached hydrogens (tertiary/aromatic N) is 2. The van der Waals surface area contributed by atoms with Crippen molar-refractivity contribution in [2.45, 2.75) is 19.4 Å². The average molecular weight is 443 g/mol. The summed E-state index contributed by atoms with van der Waals surface area (Å²) in [5.74, 6) is -1.31. The van der Waals surface area contributed by atoms with E-state index in [4.69, 9.17) is 0 Å². The molecule has 1 aliphatic heterocycles. The molecule has 0 saturated carbocycles. The first-order valence-corrected chi connectivity index (χ1v) is 11.2. The van der Waals surface area contributed by atoms with Gasteiger partial charge in [0.1, 0.15) is 0 Å². The standard InChI is InChI=1S/C27H30N4O2/c1-19-8-12-22(13-9-19)29-27(33)26(32)28-18-25(21-10-14-23(15-11-21)30(2)3)31-17-16-20-6-4-5-7-24(20)31/h4-15,25H,16-18H2,1-3H3,(H,28,32)(H,29,33)/t25-/m1/s1. The molecule has 0 aliphatic carbocycles. The molecular weight excluding hydrogens is 412 g/mol. The van der Waals surface area contributed by atoms with Crippen LogP contribution in [0, 0.1) is 6.92 Å². The summed E-state index contributed by atoms with van der Waals surface area (Å²) in [4.78, 5) is 29.4. The van der Waals surface area contributed by atoms with E-state index in [-0.39, 0.29) is 6.04 Å². The van der Waals surface area contributed by atoms with E-state index >= 15 is 0 Å². The van der Waals surface area contributed by atoms with Gasteiger partial charge >= 0.3 is 11.8 Å². The molecule has 2 N–H and O–H groups in total. The molecule has 0 saturated heterocycles. The Balaban J connectivity index is 1.50. The lowest BCUT2D eigenvalue weighted by Gasteiger charge is -2.31. The van der Waals surface area contributed by atoms with E-state index in [1.165, 1.54) is 11.3 Å². The van der Waals surface area contributed by atoms with Gasteiger partial charge in [-0.3, -0.25) is 9.59 Å². The van der Waals surface area contributed by atoms with Crippen molar-refractivity contribution >= 4 is 28.9 Å². The van der Waals surface area contributed by atoms with Gasteiger partial charge in [-0.1, -0.05) is 48.0 Å². The number of carbonyl (C=O) groups is 2. The molecular formula is C27H30N4O2. The maximum Gasteiger partial charge on any atom is 0.313 e. The van der Waals surface area contributed by atoms with Crippen LogP contribution >= 0.6 is 0 Å². The van der Waals surface area contributed by atoms with E-state index in [2.05, 4.69) is 62.9 Å². The molecule has 0 unspecified atom stereocenters. The van der Waals surface area contributed by atoms with Crippen molar-refractivity contribution in [3.8, 4) is 0 Å². The summed E-state index contributed by atoms with van der Waals surface area (Å²) in [5.41, 5.74) is 6.38. The minimum atomic E-state index is -0.664. The van der Waals surface area contributed by atoms with Crippen LogP contribution in [0.15, 0.2) is 72.8 Å². The Hall–Kier alpha value is -3.80. The first kappa shape index (κ1) is 22.4. The SMILES string of the molecule is Cc1ccc(NC(=O)C(=O)NC[C@H](c2ccc(N(C)C)cc2)N2CCc3ccccc32)cc1. The number of aryl methyl sites for hydroxylation is 1. The van der Waals surface area contributed by atoms with Crippen LogP contribution in [0.4, 0.5) is 17.1 Å². The zero-order valence-corrected chi connectivity index (χ0v) is 19.3. The third-order valence-corrected chi connectivity index (χ3v) is 6.07. The Kier molecular flexibility index (Phi) is 6.63. The number of para-hydroxylation sites is 1. The van der Waals surface area contributed by atoms with Gasteiger partial charge in [-0.15, -0.1) is 0 Å². The second-order valence-electron chi connectivity index (χ2n) is 8.60. The first-order chi connectivity index (χ1) is 15.9. The van der Waals surface area contributed by atoms with Crippen LogP contribution in [0.2, 0.25) is 0 Å². The molecule has 0 fully saturated rings. The number of anilines is 3. The van der Waals surface area contributed by atoms with Crippen LogP contribution in [0.5, 0.6) is 0 Å². The lowest BCUT2D eigenvalue weighted by atomic mass is 10.0. The zero-order chi connectivity index (χ0) is 23.4. The third kappa shape index (κ3) is 5.17. The van der Waals surface area contributed by atoms with Gasteiger partial charge in [0.25, 0.3) is 0 Å². The number of hydrogen-bond donors (Lipinski definition) is 2. The molecule has 6 heteroatoms. The van der Waals surface area contributed by atoms with Crippen LogP contribution in [-0.2, 0) is 16.0 Å². The molecule has 1 heterocycles. The summed E-state index contributed by atoms with van der Waals surface area (Å²) in [6.07, 6.45) is 0.963. The first-order valence-electron chi connectivity index (χ1n) is 11.2. The number of nitrogens with one attached hydrogen (secondary N) is 2. The number of rotatable bonds is 6. The van der Waals surface area contributed by atoms with Gasteiger partial charge in [-0.2, -0.15) is 0 Å². The minimum Gasteiger partial charge on any atom is -0.378 e. The summed E-state index contributed by atoms with van der Waals surface area (Å²) in [6, 6.07) is 24.0. The van der Waals surface area contributed by atoms with Gasteiger partial charge in [-0.25, -0.2) is 0 Å². The van der Waals surface area contributed by atoms with Gasteiger partial charge in [0.05, 0.1) is 6.04 Å². The number of hydrogen-bond acceptors (Lipinski definition) is 4. The van der Waals surface area contributed by atoms with E-state index < -0.39 is 11.8 Å². The number of carbonyl (C=O) groups excluding carboxylic acids is 2. The van der Waals surface area contributed by atoms with Crippen molar-refractivity contribution in [3.05, 3.63) is 89.5 Å². The smallest absolute Gasteiger partial charge is 0.313 e. The van der Waals surface area contributed by atoms with Crippen LogP contribution in [0.3, 0.4) is 0 Å². The van der Waals surface area contributed by atoms with Crippen molar-refractivity contribution in [2.75, 3.05) is 42.3 Å². The number of benzene rings is 3. The minimum absolute atomic E-state index is 0.0824. The molecule has 0 aromatic heterocycles. The molecule has 6 nitrogen and oxygen atoms in total. The largest absolute Gasteiger partial charge is 0.378 e. The zero-order valence-electron chi connectivity index (χ0n) is 19.3. The van der Waals surface area contributed by atoms with Gasteiger partial charge in [0.2, 0.25) is 0 Å². The molecule has 170 valence electrons. The molecule has 0 spiro atoms. The Bertz CT molecular complexity index is 1120. The van der Waals surface area contributed by atoms with Gasteiger partial charge in [0, 0.05) is 44.2 Å². The Morgan fingerprint density at radius 2 is 1.64 bits per heavy atom. The highest BCUT2D eigenvalue weighted by Gasteiger charge is 2.28. The summed E-state index contributed by atoms with van der Waals surface area (Å²) < 4.78 is 0. The fourth-order valence-electron chi connectivity index (χ4n) is 4.18. The number of fused-ring (bicyclic) bond motifs is 1. The lowest BCUT2D eigenvalue weighted by Crippen LogP contribution is -2.41. The van der Waals surface area contributed by atoms with Crippen molar-refractivity contribution in [1.29, 1.82) is 0 Å². The van der Waals surface area contributed by atoms with Gasteiger partial charge in [0.15, 0.2) is 0 Å². The fraction of sp³-hybridized carbons (Fsp3) is 0.259. The normalized spacial score (nSPS) is 13.2. The van der Waals surface area contributed by atoms with Crippen molar-refractivity contribution in [1.82, 2.24) is 5.32 Å². The van der Waals surface area contributed by atoms with Crippen molar-refractivity contribution in [3.63, 3.8) is 0 Å². The fourth-order valence-corrected chi connectivity index (χ4v) is 4.18. The van der Waals surface area contributed by atoms with Crippen LogP contribution in [0.25, 0.3) is 0 Å². The molecule has 0 radical (unpaired) electrons. The predicted octanol–water partition coefficient (Wildman–Crippen LogP) is 3.92. The summed E-state index contributed by atoms with van der Waals surface area (Å²) in [5, 5.41) is 5.52. The molecule has 0 bridgehead atoms. The summed E-state index contributed by atoms with van der Waals surface area (Å²) in [6.45, 7) is 3.17. The molecule has 3 aromatic carbocycles. The molecule has 4 rings (SSSR count). The second kappa shape index (κ2) is 9.77. The Labute approximate surface area is 195 Å². The van der Waals surface area contributed by atoms with E-state index in [0.717, 1.165) is 29.8 Å². The molecule has 2 amide bonds. The Morgan fingerprint density at radius 1 is 0.939 bits per heavy atom. The topological polar surface area (TPSA) is 64.7 Å². The lowest BCUT2D eigenvalue weighted by molar-refractivity contribution is -0.136. The van der Waals surface area contributed by atoms with Crippen molar-refractivity contribution in [2.24, 2.45) is 0 Å². The molecule has 3 aromatic rings. The molecule has 1 atom stereocenters. The van der Waals surface area contributed by atoms with E-state index in [0.29, 0.717) is 12.2 Å². The summed E-state index contributed by atoms with van der Waals surface area (Å²) in [7, 11) is 4.02. The van der Waals surface area contributed by atoms with Crippen LogP contribution < -0.4 is 20.4 Å². The highest BCUT2D eigenvalue weighted by Crippen LogP contribution is 2.35. The maximum atomic E-state index is 12.6. The maximum absolute atomic E-state index is 12.6. The molecule has 33 heavy (non-hydrogen) atoms. The van der Waals surface area contributed by atoms with E-state index in [1.807, 2.05) is 39.2 Å². The molecule has 1 aliphatic rings. The highest BCUT2D eigenvalue weighted by molar-refractivity contribution is 6.39. The predicted molar refractivity (Wildman–Crippen MR) is 134 cm³/mol. The van der Waals surface area contributed by atoms with E-state index in [1.54, 1.807) is 12.1 Å². The van der Waals surface area contributed by atoms with Crippen LogP contribution in [0.1, 0.15) is 22.7 Å². The van der Waals surface area contributed by atoms with Crippen molar-refractivity contribution < 1.29 is 9.59 Å². The quantitative estimate of drug-likeness (QED) is 0.568. The van der Waals surface area contributed by atoms with Crippen LogP contribution in [-0.4, -0.2) is 39.0 Å². The van der Waals surface area contributed by atoms with Gasteiger partial charge < -0.3 is 20.4 Å². The van der Waals surface area contributed by atoms with Gasteiger partial charge in [-0.05, 0) is 54.8 Å². The summed E-state index contributed by atoms with van der Waals surface area (Å²) >= 11 is 0. The third-order valence-electron chi connectivity index (χ3n) is 6.07. The van der Waals surface area contributed by atoms with E-state index in [9.17, 15) is 9.59 Å². The highest BCUT2D eigenvalue weighted by atomic mass is 16.2. The number of amides is 2.